The standard InChI is InChI=1S/C8H20N2O3/c9-1-5-12-7-8-13-6-3-10-2-4-11/h10-11H,1-9H2. The molecule has 0 fully saturated rings. The molecule has 0 unspecified atom stereocenters. The molecular weight excluding hydrogens is 172 g/mol. The third-order valence-electron chi connectivity index (χ3n) is 1.35. The highest BCUT2D eigenvalue weighted by atomic mass is 16.5. The summed E-state index contributed by atoms with van der Waals surface area (Å²) in [6.45, 7) is 4.53. The van der Waals surface area contributed by atoms with Crippen molar-refractivity contribution in [2.75, 3.05) is 52.7 Å². The van der Waals surface area contributed by atoms with Crippen LogP contribution >= 0.6 is 0 Å². The van der Waals surface area contributed by atoms with E-state index in [0.29, 0.717) is 39.5 Å². The quantitative estimate of drug-likeness (QED) is 0.370. The van der Waals surface area contributed by atoms with E-state index in [2.05, 4.69) is 5.32 Å². The number of ether oxygens (including phenoxy) is 2. The average Bonchev–Trinajstić information content (AvgIpc) is 2.16. The summed E-state index contributed by atoms with van der Waals surface area (Å²) in [7, 11) is 0. The van der Waals surface area contributed by atoms with Crippen LogP contribution in [0.25, 0.3) is 0 Å². The number of nitrogens with one attached hydrogen (secondary N) is 1. The van der Waals surface area contributed by atoms with Gasteiger partial charge in [0.25, 0.3) is 0 Å². The predicted octanol–water partition coefficient (Wildman–Crippen LogP) is -1.44. The molecule has 0 saturated heterocycles. The van der Waals surface area contributed by atoms with E-state index >= 15 is 0 Å². The number of aliphatic hydroxyl groups is 1. The fourth-order valence-electron chi connectivity index (χ4n) is 0.754. The molecule has 0 heterocycles. The molecule has 0 bridgehead atoms. The van der Waals surface area contributed by atoms with Crippen LogP contribution in [0.2, 0.25) is 0 Å². The maximum Gasteiger partial charge on any atom is 0.0701 e. The van der Waals surface area contributed by atoms with Crippen LogP contribution in [0.3, 0.4) is 0 Å². The van der Waals surface area contributed by atoms with Gasteiger partial charge in [-0.25, -0.2) is 0 Å². The van der Waals surface area contributed by atoms with Crippen molar-refractivity contribution in [1.29, 1.82) is 0 Å². The lowest BCUT2D eigenvalue weighted by Crippen LogP contribution is -2.23. The summed E-state index contributed by atoms with van der Waals surface area (Å²) in [5.41, 5.74) is 5.22. The third kappa shape index (κ3) is 11.8. The van der Waals surface area contributed by atoms with Gasteiger partial charge >= 0.3 is 0 Å². The highest BCUT2D eigenvalue weighted by Gasteiger charge is 1.89. The summed E-state index contributed by atoms with van der Waals surface area (Å²) < 4.78 is 10.3. The van der Waals surface area contributed by atoms with Gasteiger partial charge in [-0.15, -0.1) is 0 Å². The zero-order valence-corrected chi connectivity index (χ0v) is 8.00. The maximum absolute atomic E-state index is 8.43. The van der Waals surface area contributed by atoms with Gasteiger partial charge in [0, 0.05) is 19.6 Å². The number of nitrogens with two attached hydrogens (primary N) is 1. The summed E-state index contributed by atoms with van der Waals surface area (Å²) in [6.07, 6.45) is 0. The Bertz CT molecular complexity index is 83.5. The fourth-order valence-corrected chi connectivity index (χ4v) is 0.754. The number of rotatable bonds is 10. The lowest BCUT2D eigenvalue weighted by atomic mass is 10.6. The molecule has 5 nitrogen and oxygen atoms in total. The number of aliphatic hydroxyl groups excluding tert-OH is 1. The third-order valence-corrected chi connectivity index (χ3v) is 1.35. The van der Waals surface area contributed by atoms with E-state index in [-0.39, 0.29) is 6.61 Å². The Morgan fingerprint density at radius 1 is 1.00 bits per heavy atom. The second kappa shape index (κ2) is 11.8. The lowest BCUT2D eigenvalue weighted by molar-refractivity contribution is 0.0516. The minimum absolute atomic E-state index is 0.166. The first-order valence-corrected chi connectivity index (χ1v) is 4.59. The minimum Gasteiger partial charge on any atom is -0.395 e. The molecule has 0 radical (unpaired) electrons. The van der Waals surface area contributed by atoms with Crippen LogP contribution < -0.4 is 11.1 Å². The van der Waals surface area contributed by atoms with Gasteiger partial charge in [-0.05, 0) is 0 Å². The molecule has 4 N–H and O–H groups in total. The van der Waals surface area contributed by atoms with Crippen LogP contribution in [-0.2, 0) is 9.47 Å². The van der Waals surface area contributed by atoms with E-state index in [1.54, 1.807) is 0 Å². The monoisotopic (exact) mass is 192 g/mol. The second-order valence-corrected chi connectivity index (χ2v) is 2.49. The highest BCUT2D eigenvalue weighted by molar-refractivity contribution is 4.43. The van der Waals surface area contributed by atoms with Crippen molar-refractivity contribution in [2.24, 2.45) is 5.73 Å². The van der Waals surface area contributed by atoms with Crippen molar-refractivity contribution in [1.82, 2.24) is 5.32 Å². The zero-order valence-electron chi connectivity index (χ0n) is 8.00. The van der Waals surface area contributed by atoms with Gasteiger partial charge in [0.15, 0.2) is 0 Å². The van der Waals surface area contributed by atoms with Crippen molar-refractivity contribution < 1.29 is 14.6 Å². The Morgan fingerprint density at radius 3 is 2.31 bits per heavy atom. The molecule has 0 rings (SSSR count). The predicted molar refractivity (Wildman–Crippen MR) is 50.6 cm³/mol. The van der Waals surface area contributed by atoms with Gasteiger partial charge < -0.3 is 25.6 Å². The Hall–Kier alpha value is -0.200. The van der Waals surface area contributed by atoms with Crippen molar-refractivity contribution in [3.05, 3.63) is 0 Å². The molecule has 0 amide bonds. The summed E-state index contributed by atoms with van der Waals surface area (Å²) in [5.74, 6) is 0. The molecule has 0 aliphatic heterocycles. The molecule has 0 aromatic carbocycles. The van der Waals surface area contributed by atoms with E-state index in [1.807, 2.05) is 0 Å². The molecule has 80 valence electrons. The van der Waals surface area contributed by atoms with Gasteiger partial charge in [0.2, 0.25) is 0 Å². The maximum atomic E-state index is 8.43. The van der Waals surface area contributed by atoms with E-state index in [9.17, 15) is 0 Å². The first kappa shape index (κ1) is 12.8. The molecule has 0 aromatic heterocycles. The summed E-state index contributed by atoms with van der Waals surface area (Å²) in [6, 6.07) is 0. The van der Waals surface area contributed by atoms with Gasteiger partial charge in [0.1, 0.15) is 0 Å². The lowest BCUT2D eigenvalue weighted by Gasteiger charge is -2.05. The van der Waals surface area contributed by atoms with E-state index in [1.165, 1.54) is 0 Å². The normalized spacial score (nSPS) is 10.6. The topological polar surface area (TPSA) is 76.7 Å². The van der Waals surface area contributed by atoms with Gasteiger partial charge in [0.05, 0.1) is 33.0 Å². The largest absolute Gasteiger partial charge is 0.395 e. The molecule has 0 aromatic rings. The molecule has 0 aliphatic rings. The fraction of sp³-hybridized carbons (Fsp3) is 1.00. The van der Waals surface area contributed by atoms with Crippen molar-refractivity contribution in [2.45, 2.75) is 0 Å². The van der Waals surface area contributed by atoms with Crippen molar-refractivity contribution in [3.63, 3.8) is 0 Å². The molecular formula is C8H20N2O3. The SMILES string of the molecule is NCCOCCOCCNCCO. The van der Waals surface area contributed by atoms with Crippen LogP contribution in [0, 0.1) is 0 Å². The minimum atomic E-state index is 0.166. The van der Waals surface area contributed by atoms with Crippen LogP contribution in [0.4, 0.5) is 0 Å². The van der Waals surface area contributed by atoms with Crippen LogP contribution in [0.1, 0.15) is 0 Å². The number of hydrogen-bond donors (Lipinski definition) is 3. The smallest absolute Gasteiger partial charge is 0.0701 e. The van der Waals surface area contributed by atoms with Crippen LogP contribution in [0.15, 0.2) is 0 Å². The van der Waals surface area contributed by atoms with E-state index in [4.69, 9.17) is 20.3 Å². The molecule has 0 atom stereocenters. The van der Waals surface area contributed by atoms with E-state index < -0.39 is 0 Å². The summed E-state index contributed by atoms with van der Waals surface area (Å²) in [4.78, 5) is 0. The Labute approximate surface area is 79.2 Å². The second-order valence-electron chi connectivity index (χ2n) is 2.49. The Balaban J connectivity index is 2.76. The van der Waals surface area contributed by atoms with Gasteiger partial charge in [-0.2, -0.15) is 0 Å². The average molecular weight is 192 g/mol. The van der Waals surface area contributed by atoms with Gasteiger partial charge in [-0.1, -0.05) is 0 Å². The van der Waals surface area contributed by atoms with Crippen molar-refractivity contribution in [3.8, 4) is 0 Å². The summed E-state index contributed by atoms with van der Waals surface area (Å²) >= 11 is 0. The van der Waals surface area contributed by atoms with Crippen LogP contribution in [0.5, 0.6) is 0 Å². The number of hydrogen-bond acceptors (Lipinski definition) is 5. The Morgan fingerprint density at radius 2 is 1.69 bits per heavy atom. The van der Waals surface area contributed by atoms with Crippen LogP contribution in [-0.4, -0.2) is 57.8 Å². The van der Waals surface area contributed by atoms with Crippen molar-refractivity contribution >= 4 is 0 Å². The highest BCUT2D eigenvalue weighted by Crippen LogP contribution is 1.76. The first-order chi connectivity index (χ1) is 6.41. The molecule has 5 heteroatoms. The molecule has 13 heavy (non-hydrogen) atoms. The first-order valence-electron chi connectivity index (χ1n) is 4.59. The van der Waals surface area contributed by atoms with E-state index in [0.717, 1.165) is 6.54 Å². The Kier molecular flexibility index (Phi) is 11.6. The zero-order chi connectivity index (χ0) is 9.78. The molecule has 0 aliphatic carbocycles. The summed E-state index contributed by atoms with van der Waals surface area (Å²) in [5, 5.41) is 11.4. The molecule has 0 saturated carbocycles. The molecule has 0 spiro atoms. The van der Waals surface area contributed by atoms with Gasteiger partial charge in [-0.3, -0.25) is 0 Å².